The molecule has 1 atom stereocenters. The van der Waals surface area contributed by atoms with E-state index >= 15 is 0 Å². The fraction of sp³-hybridized carbons (Fsp3) is 0.474. The molecule has 1 aromatic carbocycles. The smallest absolute Gasteiger partial charge is 0.268 e. The molecule has 1 N–H and O–H groups in total. The Hall–Kier alpha value is -2.30. The molecule has 0 saturated heterocycles. The molecule has 2 amide bonds. The lowest BCUT2D eigenvalue weighted by Crippen LogP contribution is -2.44. The van der Waals surface area contributed by atoms with Crippen LogP contribution in [0.4, 0.5) is 11.4 Å². The molecule has 1 saturated carbocycles. The van der Waals surface area contributed by atoms with Gasteiger partial charge in [-0.05, 0) is 31.9 Å². The maximum atomic E-state index is 12.4. The van der Waals surface area contributed by atoms with Gasteiger partial charge in [0, 0.05) is 24.2 Å². The van der Waals surface area contributed by atoms with Gasteiger partial charge in [0.1, 0.15) is 5.75 Å². The summed E-state index contributed by atoms with van der Waals surface area (Å²) >= 11 is 0. The Kier molecular flexibility index (Phi) is 4.88. The third kappa shape index (κ3) is 3.30. The molecular formula is C19H24N2O3. The second kappa shape index (κ2) is 7.07. The quantitative estimate of drug-likeness (QED) is 0.861. The van der Waals surface area contributed by atoms with Gasteiger partial charge in [-0.25, -0.2) is 0 Å². The number of benzene rings is 1. The van der Waals surface area contributed by atoms with Gasteiger partial charge in [0.05, 0.1) is 5.69 Å². The van der Waals surface area contributed by atoms with Crippen LogP contribution < -0.4 is 15.0 Å². The lowest BCUT2D eigenvalue weighted by atomic mass is 9.88. The van der Waals surface area contributed by atoms with Gasteiger partial charge < -0.3 is 15.0 Å². The van der Waals surface area contributed by atoms with Crippen LogP contribution in [0.2, 0.25) is 0 Å². The normalized spacial score (nSPS) is 21.0. The average molecular weight is 328 g/mol. The molecule has 0 aromatic heterocycles. The summed E-state index contributed by atoms with van der Waals surface area (Å²) in [6, 6.07) is 5.44. The minimum atomic E-state index is -0.540. The van der Waals surface area contributed by atoms with Crippen LogP contribution in [0.15, 0.2) is 30.9 Å². The zero-order valence-electron chi connectivity index (χ0n) is 14.1. The molecule has 1 aliphatic heterocycles. The molecule has 2 aliphatic rings. The Balaban J connectivity index is 1.78. The topological polar surface area (TPSA) is 58.6 Å². The third-order valence-corrected chi connectivity index (χ3v) is 4.72. The number of anilines is 2. The highest BCUT2D eigenvalue weighted by Gasteiger charge is 2.31. The van der Waals surface area contributed by atoms with Crippen LogP contribution in [-0.2, 0) is 9.59 Å². The van der Waals surface area contributed by atoms with Gasteiger partial charge in [0.25, 0.3) is 5.91 Å². The van der Waals surface area contributed by atoms with E-state index in [1.807, 2.05) is 12.1 Å². The summed E-state index contributed by atoms with van der Waals surface area (Å²) in [5.74, 6) is 0.720. The van der Waals surface area contributed by atoms with Crippen molar-refractivity contribution in [1.29, 1.82) is 0 Å². The standard InChI is InChI=1S/C19H24N2O3/c1-3-11-21-16-10-9-15(12-17(16)24-13(2)19(21)23)20-18(22)14-7-5-4-6-8-14/h3,9-10,12-14H,1,4-8,11H2,2H3,(H,20,22). The zero-order valence-corrected chi connectivity index (χ0v) is 14.1. The van der Waals surface area contributed by atoms with Gasteiger partial charge in [0.15, 0.2) is 6.10 Å². The molecule has 1 aliphatic carbocycles. The number of rotatable bonds is 4. The first-order valence-corrected chi connectivity index (χ1v) is 8.64. The molecule has 1 heterocycles. The summed E-state index contributed by atoms with van der Waals surface area (Å²) in [4.78, 5) is 26.3. The predicted octanol–water partition coefficient (Wildman–Crippen LogP) is 3.51. The first kappa shape index (κ1) is 16.6. The Labute approximate surface area is 142 Å². The molecule has 5 heteroatoms. The zero-order chi connectivity index (χ0) is 17.1. The van der Waals surface area contributed by atoms with Crippen molar-refractivity contribution in [2.45, 2.75) is 45.1 Å². The fourth-order valence-electron chi connectivity index (χ4n) is 3.41. The van der Waals surface area contributed by atoms with Gasteiger partial charge in [-0.1, -0.05) is 25.3 Å². The highest BCUT2D eigenvalue weighted by Crippen LogP contribution is 2.36. The number of hydrogen-bond acceptors (Lipinski definition) is 3. The van der Waals surface area contributed by atoms with E-state index in [0.29, 0.717) is 23.7 Å². The van der Waals surface area contributed by atoms with Crippen LogP contribution in [0.5, 0.6) is 5.75 Å². The van der Waals surface area contributed by atoms with Crippen molar-refractivity contribution in [3.05, 3.63) is 30.9 Å². The Morgan fingerprint density at radius 1 is 1.38 bits per heavy atom. The first-order chi connectivity index (χ1) is 11.6. The van der Waals surface area contributed by atoms with Crippen LogP contribution >= 0.6 is 0 Å². The summed E-state index contributed by atoms with van der Waals surface area (Å²) in [5, 5.41) is 2.99. The Morgan fingerprint density at radius 2 is 2.12 bits per heavy atom. The number of ether oxygens (including phenoxy) is 1. The lowest BCUT2D eigenvalue weighted by molar-refractivity contribution is -0.125. The van der Waals surface area contributed by atoms with Crippen LogP contribution in [0.1, 0.15) is 39.0 Å². The second-order valence-corrected chi connectivity index (χ2v) is 6.50. The van der Waals surface area contributed by atoms with E-state index in [1.165, 1.54) is 6.42 Å². The predicted molar refractivity (Wildman–Crippen MR) is 94.3 cm³/mol. The summed E-state index contributed by atoms with van der Waals surface area (Å²) in [6.45, 7) is 5.87. The number of fused-ring (bicyclic) bond motifs is 1. The monoisotopic (exact) mass is 328 g/mol. The first-order valence-electron chi connectivity index (χ1n) is 8.64. The second-order valence-electron chi connectivity index (χ2n) is 6.50. The van der Waals surface area contributed by atoms with Crippen molar-refractivity contribution >= 4 is 23.2 Å². The maximum absolute atomic E-state index is 12.4. The molecule has 1 fully saturated rings. The van der Waals surface area contributed by atoms with Crippen molar-refractivity contribution in [3.8, 4) is 5.75 Å². The number of hydrogen-bond donors (Lipinski definition) is 1. The molecule has 0 radical (unpaired) electrons. The van der Waals surface area contributed by atoms with Crippen molar-refractivity contribution in [2.75, 3.05) is 16.8 Å². The minimum Gasteiger partial charge on any atom is -0.479 e. The number of carbonyl (C=O) groups excluding carboxylic acids is 2. The van der Waals surface area contributed by atoms with E-state index in [9.17, 15) is 9.59 Å². The molecule has 24 heavy (non-hydrogen) atoms. The Bertz CT molecular complexity index is 650. The van der Waals surface area contributed by atoms with Gasteiger partial charge in [-0.3, -0.25) is 9.59 Å². The van der Waals surface area contributed by atoms with E-state index in [-0.39, 0.29) is 17.7 Å². The highest BCUT2D eigenvalue weighted by molar-refractivity contribution is 6.01. The molecule has 1 unspecified atom stereocenters. The van der Waals surface area contributed by atoms with Gasteiger partial charge in [-0.15, -0.1) is 6.58 Å². The summed E-state index contributed by atoms with van der Waals surface area (Å²) < 4.78 is 5.71. The summed E-state index contributed by atoms with van der Waals surface area (Å²) in [7, 11) is 0. The van der Waals surface area contributed by atoms with Gasteiger partial charge in [-0.2, -0.15) is 0 Å². The van der Waals surface area contributed by atoms with Crippen LogP contribution in [0.3, 0.4) is 0 Å². The number of nitrogens with one attached hydrogen (secondary N) is 1. The SMILES string of the molecule is C=CCN1C(=O)C(C)Oc2cc(NC(=O)C3CCCCC3)ccc21. The highest BCUT2D eigenvalue weighted by atomic mass is 16.5. The number of nitrogens with zero attached hydrogens (tertiary/aromatic N) is 1. The van der Waals surface area contributed by atoms with Crippen LogP contribution in [-0.4, -0.2) is 24.5 Å². The van der Waals surface area contributed by atoms with E-state index in [0.717, 1.165) is 25.7 Å². The van der Waals surface area contributed by atoms with Crippen molar-refractivity contribution in [1.82, 2.24) is 0 Å². The number of carbonyl (C=O) groups is 2. The molecule has 0 bridgehead atoms. The largest absolute Gasteiger partial charge is 0.479 e. The maximum Gasteiger partial charge on any atom is 0.268 e. The summed E-state index contributed by atoms with van der Waals surface area (Å²) in [5.41, 5.74) is 1.43. The van der Waals surface area contributed by atoms with Crippen LogP contribution in [0.25, 0.3) is 0 Å². The van der Waals surface area contributed by atoms with Crippen molar-refractivity contribution in [3.63, 3.8) is 0 Å². The van der Waals surface area contributed by atoms with E-state index in [1.54, 1.807) is 24.0 Å². The van der Waals surface area contributed by atoms with Gasteiger partial charge >= 0.3 is 0 Å². The third-order valence-electron chi connectivity index (χ3n) is 4.72. The van der Waals surface area contributed by atoms with Crippen LogP contribution in [0, 0.1) is 5.92 Å². The molecule has 5 nitrogen and oxygen atoms in total. The van der Waals surface area contributed by atoms with E-state index in [4.69, 9.17) is 4.74 Å². The average Bonchev–Trinajstić information content (AvgIpc) is 2.59. The minimum absolute atomic E-state index is 0.0810. The van der Waals surface area contributed by atoms with E-state index < -0.39 is 6.10 Å². The Morgan fingerprint density at radius 3 is 2.83 bits per heavy atom. The lowest BCUT2D eigenvalue weighted by Gasteiger charge is -2.32. The molecular weight excluding hydrogens is 304 g/mol. The molecule has 1 aromatic rings. The molecule has 128 valence electrons. The summed E-state index contributed by atoms with van der Waals surface area (Å²) in [6.07, 6.45) is 6.56. The van der Waals surface area contributed by atoms with E-state index in [2.05, 4.69) is 11.9 Å². The van der Waals surface area contributed by atoms with Crippen molar-refractivity contribution in [2.24, 2.45) is 5.92 Å². The van der Waals surface area contributed by atoms with Gasteiger partial charge in [0.2, 0.25) is 5.91 Å². The fourth-order valence-corrected chi connectivity index (χ4v) is 3.41. The number of amides is 2. The van der Waals surface area contributed by atoms with Crippen molar-refractivity contribution < 1.29 is 14.3 Å². The molecule has 3 rings (SSSR count). The molecule has 0 spiro atoms.